The fourth-order valence-electron chi connectivity index (χ4n) is 17.7. The lowest BCUT2D eigenvalue weighted by Crippen LogP contribution is -2.15. The van der Waals surface area contributed by atoms with Crippen molar-refractivity contribution in [2.45, 2.75) is 38.5 Å². The van der Waals surface area contributed by atoms with Gasteiger partial charge in [-0.15, -0.1) is 0 Å². The summed E-state index contributed by atoms with van der Waals surface area (Å²) in [5, 5.41) is 20.6. The van der Waals surface area contributed by atoms with Gasteiger partial charge in [0.15, 0.2) is 0 Å². The van der Waals surface area contributed by atoms with Crippen molar-refractivity contribution in [1.29, 1.82) is 0 Å². The van der Waals surface area contributed by atoms with Crippen LogP contribution in [0.1, 0.15) is 49.9 Å². The molecule has 0 unspecified atom stereocenters. The number of hydrogen-bond donors (Lipinski definition) is 0. The minimum atomic E-state index is -0.0788. The molecule has 0 heterocycles. The van der Waals surface area contributed by atoms with Gasteiger partial charge >= 0.3 is 0 Å². The molecule has 0 radical (unpaired) electrons. The van der Waals surface area contributed by atoms with E-state index in [1.165, 1.54) is 197 Å². The Kier molecular flexibility index (Phi) is 13.1. The van der Waals surface area contributed by atoms with Crippen LogP contribution >= 0.6 is 0 Å². The molecule has 18 aromatic carbocycles. The van der Waals surface area contributed by atoms with Crippen LogP contribution in [-0.2, 0) is 10.8 Å². The molecule has 0 saturated heterocycles. The molecule has 98 heavy (non-hydrogen) atoms. The average Bonchev–Trinajstić information content (AvgIpc) is 1.49. The van der Waals surface area contributed by atoms with E-state index in [9.17, 15) is 0 Å². The molecule has 0 atom stereocenters. The van der Waals surface area contributed by atoms with Crippen molar-refractivity contribution in [1.82, 2.24) is 0 Å². The van der Waals surface area contributed by atoms with Crippen LogP contribution in [0, 0.1) is 0 Å². The van der Waals surface area contributed by atoms with Gasteiger partial charge in [-0.1, -0.05) is 343 Å². The highest BCUT2D eigenvalue weighted by Crippen LogP contribution is 2.56. The number of rotatable bonds is 6. The third kappa shape index (κ3) is 8.84. The maximum absolute atomic E-state index is 2.47. The predicted molar refractivity (Wildman–Crippen MR) is 421 cm³/mol. The summed E-state index contributed by atoms with van der Waals surface area (Å²) in [7, 11) is 0. The van der Waals surface area contributed by atoms with Gasteiger partial charge in [-0.3, -0.25) is 0 Å². The van der Waals surface area contributed by atoms with Gasteiger partial charge in [0.2, 0.25) is 0 Å². The van der Waals surface area contributed by atoms with Gasteiger partial charge in [0, 0.05) is 10.8 Å². The minimum absolute atomic E-state index is 0.0762. The second-order valence-electron chi connectivity index (χ2n) is 28.1. The van der Waals surface area contributed by atoms with E-state index in [0.717, 1.165) is 0 Å². The topological polar surface area (TPSA) is 0 Å². The Balaban J connectivity index is 0.000000137. The van der Waals surface area contributed by atoms with Gasteiger partial charge in [0.05, 0.1) is 0 Å². The Hall–Kier alpha value is -12.0. The van der Waals surface area contributed by atoms with Crippen molar-refractivity contribution >= 4 is 86.2 Å². The van der Waals surface area contributed by atoms with Crippen molar-refractivity contribution < 1.29 is 0 Å². The molecule has 0 fully saturated rings. The molecule has 460 valence electrons. The smallest absolute Gasteiger partial charge is 0.0165 e. The maximum atomic E-state index is 2.47. The monoisotopic (exact) mass is 1240 g/mol. The lowest BCUT2D eigenvalue weighted by Gasteiger charge is -2.23. The van der Waals surface area contributed by atoms with Crippen molar-refractivity contribution in [3.63, 3.8) is 0 Å². The van der Waals surface area contributed by atoms with Gasteiger partial charge < -0.3 is 0 Å². The normalized spacial score (nSPS) is 13.3. The van der Waals surface area contributed by atoms with Crippen molar-refractivity contribution in [2.24, 2.45) is 0 Å². The summed E-state index contributed by atoms with van der Waals surface area (Å²) in [6.07, 6.45) is 0. The highest BCUT2D eigenvalue weighted by molar-refractivity contribution is 6.24. The lowest BCUT2D eigenvalue weighted by molar-refractivity contribution is 0.666. The van der Waals surface area contributed by atoms with Gasteiger partial charge in [0.1, 0.15) is 0 Å². The van der Waals surface area contributed by atoms with Crippen molar-refractivity contribution in [3.8, 4) is 89.0 Å². The summed E-state index contributed by atoms with van der Waals surface area (Å²) in [5.74, 6) is 0. The SMILES string of the molecule is CC1(C)c2ccc(-c3c4ccccc4c(-c4cccc(-c5cccc6ccccc56)c4)c4ccccc34)cc2-c2ccc3ccccc3c21.CC1(C)c2ccc(-c3c4ccccc4c(-c4ccccc4-c4ccc5ccccc5c4)c4ccccc34)cc2-c2ccc3ccccc3c21. The number of benzene rings is 18. The van der Waals surface area contributed by atoms with Crippen LogP contribution in [-0.4, -0.2) is 0 Å². The summed E-state index contributed by atoms with van der Waals surface area (Å²) in [6, 6.07) is 126. The zero-order valence-corrected chi connectivity index (χ0v) is 55.3. The predicted octanol–water partition coefficient (Wildman–Crippen LogP) is 27.2. The molecule has 0 aliphatic heterocycles. The van der Waals surface area contributed by atoms with Crippen LogP contribution in [0.3, 0.4) is 0 Å². The summed E-state index contributed by atoms with van der Waals surface area (Å²) >= 11 is 0. The van der Waals surface area contributed by atoms with Crippen LogP contribution in [0.25, 0.3) is 175 Å². The summed E-state index contributed by atoms with van der Waals surface area (Å²) < 4.78 is 0. The molecule has 0 spiro atoms. The van der Waals surface area contributed by atoms with Crippen LogP contribution < -0.4 is 0 Å². The first-order chi connectivity index (χ1) is 48.2. The van der Waals surface area contributed by atoms with Gasteiger partial charge in [-0.05, 0) is 222 Å². The average molecular weight is 1250 g/mol. The molecule has 20 rings (SSSR count). The third-order valence-corrected chi connectivity index (χ3v) is 22.0. The lowest BCUT2D eigenvalue weighted by atomic mass is 9.79. The summed E-state index contributed by atoms with van der Waals surface area (Å²) in [5.41, 5.74) is 26.1. The Morgan fingerprint density at radius 3 is 0.969 bits per heavy atom. The van der Waals surface area contributed by atoms with E-state index in [1.54, 1.807) is 0 Å². The first kappa shape index (κ1) is 57.5. The van der Waals surface area contributed by atoms with E-state index < -0.39 is 0 Å². The van der Waals surface area contributed by atoms with Crippen LogP contribution in [0.5, 0.6) is 0 Å². The van der Waals surface area contributed by atoms with E-state index in [-0.39, 0.29) is 10.8 Å². The fraction of sp³-hybridized carbons (Fsp3) is 0.0612. The molecule has 0 heteroatoms. The molecule has 0 aromatic heterocycles. The second-order valence-corrected chi connectivity index (χ2v) is 28.1. The van der Waals surface area contributed by atoms with E-state index in [2.05, 4.69) is 367 Å². The zero-order valence-electron chi connectivity index (χ0n) is 55.3. The van der Waals surface area contributed by atoms with Gasteiger partial charge in [-0.2, -0.15) is 0 Å². The Labute approximate surface area is 572 Å². The Bertz CT molecular complexity index is 6250. The highest BCUT2D eigenvalue weighted by Gasteiger charge is 2.39. The second kappa shape index (κ2) is 22.3. The van der Waals surface area contributed by atoms with Gasteiger partial charge in [-0.25, -0.2) is 0 Å². The molecule has 0 nitrogen and oxygen atoms in total. The van der Waals surface area contributed by atoms with E-state index in [4.69, 9.17) is 0 Å². The Morgan fingerprint density at radius 2 is 0.480 bits per heavy atom. The fourth-order valence-corrected chi connectivity index (χ4v) is 17.7. The largest absolute Gasteiger partial charge is 0.0616 e. The number of hydrogen-bond acceptors (Lipinski definition) is 0. The van der Waals surface area contributed by atoms with E-state index in [0.29, 0.717) is 0 Å². The van der Waals surface area contributed by atoms with Crippen LogP contribution in [0.4, 0.5) is 0 Å². The maximum Gasteiger partial charge on any atom is 0.0165 e. The quantitative estimate of drug-likeness (QED) is 0.146. The molecule has 2 aliphatic rings. The third-order valence-electron chi connectivity index (χ3n) is 22.0. The molecule has 18 aromatic rings. The highest BCUT2D eigenvalue weighted by atomic mass is 14.4. The van der Waals surface area contributed by atoms with Crippen molar-refractivity contribution in [3.05, 3.63) is 362 Å². The summed E-state index contributed by atoms with van der Waals surface area (Å²) in [6.45, 7) is 9.54. The first-order valence-electron chi connectivity index (χ1n) is 34.5. The molecule has 0 saturated carbocycles. The standard InChI is InChI=1S/2C49H34/c1-49(2)45-28-26-35(30-44(45)43-27-25-32-14-4-6-19-38(32)48(43)49)47-41-22-9-7-20-39(41)46(40-21-8-10-23-42(40)47)34-17-11-16-33(29-34)37-24-12-15-31-13-3-5-18-36(31)37;1-49(2)45-28-26-35(30-44(45)43-27-25-32-14-5-6-17-37(32)48(43)49)46-39-19-9-11-21-41(39)47(42-22-12-10-20-40(42)46)38-18-8-7-16-36(38)34-24-23-31-13-3-4-15-33(31)29-34/h2*3-30H,1-2H3. The van der Waals surface area contributed by atoms with Gasteiger partial charge in [0.25, 0.3) is 0 Å². The van der Waals surface area contributed by atoms with Crippen LogP contribution in [0.2, 0.25) is 0 Å². The molecular formula is C98H68. The first-order valence-corrected chi connectivity index (χ1v) is 34.5. The minimum Gasteiger partial charge on any atom is -0.0616 e. The summed E-state index contributed by atoms with van der Waals surface area (Å²) in [4.78, 5) is 0. The Morgan fingerprint density at radius 1 is 0.163 bits per heavy atom. The van der Waals surface area contributed by atoms with Crippen LogP contribution in [0.15, 0.2) is 340 Å². The number of fused-ring (bicyclic) bond motifs is 16. The zero-order chi connectivity index (χ0) is 65.4. The molecule has 0 N–H and O–H groups in total. The molecule has 0 amide bonds. The molecule has 2 aliphatic carbocycles. The van der Waals surface area contributed by atoms with E-state index >= 15 is 0 Å². The molecular weight excluding hydrogens is 1180 g/mol. The molecule has 0 bridgehead atoms. The van der Waals surface area contributed by atoms with Crippen molar-refractivity contribution in [2.75, 3.05) is 0 Å². The van der Waals surface area contributed by atoms with E-state index in [1.807, 2.05) is 0 Å².